The van der Waals surface area contributed by atoms with Crippen molar-refractivity contribution in [2.45, 2.75) is 11.7 Å². The second-order valence-electron chi connectivity index (χ2n) is 2.68. The van der Waals surface area contributed by atoms with Gasteiger partial charge in [0.1, 0.15) is 0 Å². The monoisotopic (exact) mass is 256 g/mol. The van der Waals surface area contributed by atoms with E-state index < -0.39 is 18.3 Å². The van der Waals surface area contributed by atoms with Crippen molar-refractivity contribution in [1.29, 1.82) is 0 Å². The van der Waals surface area contributed by atoms with Crippen LogP contribution in [0.1, 0.15) is 0 Å². The highest BCUT2D eigenvalue weighted by Crippen LogP contribution is 2.33. The third-order valence-corrected chi connectivity index (χ3v) is 2.32. The standard InChI is InChI=1S/C7H8BrF3N2/c8-5-1-2-6(4-12,13-3-5)7(9,10)11/h1-3,13H,4,12H2. The average Bonchev–Trinajstić information content (AvgIpc) is 2.04. The number of hydrogen-bond donors (Lipinski definition) is 2. The van der Waals surface area contributed by atoms with Crippen molar-refractivity contribution in [3.05, 3.63) is 22.8 Å². The Kier molecular flexibility index (Phi) is 2.72. The molecule has 1 atom stereocenters. The lowest BCUT2D eigenvalue weighted by atomic mass is 9.97. The van der Waals surface area contributed by atoms with Crippen LogP contribution in [0, 0.1) is 0 Å². The lowest BCUT2D eigenvalue weighted by molar-refractivity contribution is -0.176. The van der Waals surface area contributed by atoms with Crippen molar-refractivity contribution < 1.29 is 13.2 Å². The average molecular weight is 257 g/mol. The fraction of sp³-hybridized carbons (Fsp3) is 0.429. The topological polar surface area (TPSA) is 38.0 Å². The maximum absolute atomic E-state index is 12.5. The quantitative estimate of drug-likeness (QED) is 0.749. The highest BCUT2D eigenvalue weighted by molar-refractivity contribution is 9.11. The normalized spacial score (nSPS) is 28.2. The number of dihydropyridines is 1. The van der Waals surface area contributed by atoms with Gasteiger partial charge in [-0.1, -0.05) is 0 Å². The van der Waals surface area contributed by atoms with Crippen LogP contribution in [0.15, 0.2) is 22.8 Å². The van der Waals surface area contributed by atoms with Gasteiger partial charge in [-0.15, -0.1) is 0 Å². The van der Waals surface area contributed by atoms with Gasteiger partial charge in [0.25, 0.3) is 0 Å². The van der Waals surface area contributed by atoms with Gasteiger partial charge in [0.05, 0.1) is 0 Å². The third kappa shape index (κ3) is 1.88. The van der Waals surface area contributed by atoms with E-state index in [9.17, 15) is 13.2 Å². The molecule has 6 heteroatoms. The van der Waals surface area contributed by atoms with Gasteiger partial charge in [0.2, 0.25) is 0 Å². The van der Waals surface area contributed by atoms with Gasteiger partial charge in [-0.2, -0.15) is 13.2 Å². The molecule has 3 N–H and O–H groups in total. The molecule has 0 spiro atoms. The van der Waals surface area contributed by atoms with E-state index in [1.165, 1.54) is 12.3 Å². The molecule has 0 fully saturated rings. The lowest BCUT2D eigenvalue weighted by Gasteiger charge is -2.33. The zero-order valence-corrected chi connectivity index (χ0v) is 8.11. The Morgan fingerprint density at radius 2 is 2.15 bits per heavy atom. The number of allylic oxidation sites excluding steroid dienone is 2. The van der Waals surface area contributed by atoms with E-state index in [0.29, 0.717) is 4.48 Å². The van der Waals surface area contributed by atoms with Crippen LogP contribution >= 0.6 is 15.9 Å². The summed E-state index contributed by atoms with van der Waals surface area (Å²) >= 11 is 3.04. The van der Waals surface area contributed by atoms with Crippen molar-refractivity contribution in [2.24, 2.45) is 5.73 Å². The third-order valence-electron chi connectivity index (χ3n) is 1.82. The van der Waals surface area contributed by atoms with Gasteiger partial charge in [0.15, 0.2) is 5.54 Å². The van der Waals surface area contributed by atoms with Crippen LogP contribution in [-0.4, -0.2) is 18.3 Å². The van der Waals surface area contributed by atoms with Gasteiger partial charge >= 0.3 is 6.18 Å². The van der Waals surface area contributed by atoms with Crippen LogP contribution in [-0.2, 0) is 0 Å². The first kappa shape index (κ1) is 10.6. The largest absolute Gasteiger partial charge is 0.416 e. The minimum Gasteiger partial charge on any atom is -0.372 e. The predicted molar refractivity (Wildman–Crippen MR) is 47.1 cm³/mol. The summed E-state index contributed by atoms with van der Waals surface area (Å²) in [7, 11) is 0. The zero-order valence-electron chi connectivity index (χ0n) is 6.53. The number of halogens is 4. The fourth-order valence-corrected chi connectivity index (χ4v) is 1.18. The summed E-state index contributed by atoms with van der Waals surface area (Å²) < 4.78 is 38.0. The summed E-state index contributed by atoms with van der Waals surface area (Å²) in [6, 6.07) is 0. The first-order chi connectivity index (χ1) is 5.91. The number of hydrogen-bond acceptors (Lipinski definition) is 2. The van der Waals surface area contributed by atoms with Crippen LogP contribution in [0.4, 0.5) is 13.2 Å². The Labute approximate surface area is 81.8 Å². The summed E-state index contributed by atoms with van der Waals surface area (Å²) in [6.07, 6.45) is -0.809. The Hall–Kier alpha value is -0.490. The van der Waals surface area contributed by atoms with E-state index in [2.05, 4.69) is 21.2 Å². The number of nitrogens with two attached hydrogens (primary N) is 1. The van der Waals surface area contributed by atoms with E-state index in [0.717, 1.165) is 6.08 Å². The van der Waals surface area contributed by atoms with Crippen molar-refractivity contribution >= 4 is 15.9 Å². The minimum atomic E-state index is -4.39. The molecule has 1 aliphatic rings. The summed E-state index contributed by atoms with van der Waals surface area (Å²) in [5.41, 5.74) is 2.97. The van der Waals surface area contributed by atoms with Crippen molar-refractivity contribution in [1.82, 2.24) is 5.32 Å². The number of rotatable bonds is 1. The molecular weight excluding hydrogens is 249 g/mol. The smallest absolute Gasteiger partial charge is 0.372 e. The van der Waals surface area contributed by atoms with Crippen LogP contribution in [0.3, 0.4) is 0 Å². The highest BCUT2D eigenvalue weighted by atomic mass is 79.9. The maximum Gasteiger partial charge on any atom is 0.416 e. The predicted octanol–water partition coefficient (Wildman–Crippen LogP) is 1.64. The Balaban J connectivity index is 2.94. The molecule has 0 radical (unpaired) electrons. The first-order valence-corrected chi connectivity index (χ1v) is 4.30. The molecule has 2 nitrogen and oxygen atoms in total. The molecule has 74 valence electrons. The van der Waals surface area contributed by atoms with Crippen molar-refractivity contribution in [2.75, 3.05) is 6.54 Å². The van der Waals surface area contributed by atoms with Crippen molar-refractivity contribution in [3.63, 3.8) is 0 Å². The summed E-state index contributed by atoms with van der Waals surface area (Å²) in [5, 5.41) is 2.23. The number of nitrogens with one attached hydrogen (secondary N) is 1. The van der Waals surface area contributed by atoms with E-state index in [4.69, 9.17) is 5.73 Å². The molecule has 0 bridgehead atoms. The van der Waals surface area contributed by atoms with Crippen LogP contribution in [0.5, 0.6) is 0 Å². The van der Waals surface area contributed by atoms with E-state index >= 15 is 0 Å². The highest BCUT2D eigenvalue weighted by Gasteiger charge is 2.52. The lowest BCUT2D eigenvalue weighted by Crippen LogP contribution is -2.59. The second kappa shape index (κ2) is 3.34. The van der Waals surface area contributed by atoms with Gasteiger partial charge in [-0.05, 0) is 28.1 Å². The summed E-state index contributed by atoms with van der Waals surface area (Å²) in [6.45, 7) is -0.524. The maximum atomic E-state index is 12.5. The van der Waals surface area contributed by atoms with Crippen LogP contribution in [0.2, 0.25) is 0 Å². The Morgan fingerprint density at radius 1 is 1.54 bits per heavy atom. The molecule has 1 heterocycles. The minimum absolute atomic E-state index is 0.524. The Morgan fingerprint density at radius 3 is 2.46 bits per heavy atom. The molecule has 0 aromatic rings. The van der Waals surface area contributed by atoms with Crippen LogP contribution < -0.4 is 11.1 Å². The molecule has 0 aromatic heterocycles. The first-order valence-electron chi connectivity index (χ1n) is 3.51. The molecule has 1 aliphatic heterocycles. The van der Waals surface area contributed by atoms with Gasteiger partial charge < -0.3 is 11.1 Å². The van der Waals surface area contributed by atoms with Gasteiger partial charge in [-0.3, -0.25) is 0 Å². The van der Waals surface area contributed by atoms with E-state index in [1.807, 2.05) is 0 Å². The molecule has 0 amide bonds. The fourth-order valence-electron chi connectivity index (χ4n) is 0.935. The second-order valence-corrected chi connectivity index (χ2v) is 3.60. The molecule has 1 unspecified atom stereocenters. The van der Waals surface area contributed by atoms with E-state index in [1.54, 1.807) is 0 Å². The molecule has 0 saturated heterocycles. The van der Waals surface area contributed by atoms with Crippen molar-refractivity contribution in [3.8, 4) is 0 Å². The molecule has 1 rings (SSSR count). The zero-order chi connectivity index (χ0) is 10.1. The van der Waals surface area contributed by atoms with E-state index in [-0.39, 0.29) is 0 Å². The molecular formula is C7H8BrF3N2. The van der Waals surface area contributed by atoms with Crippen LogP contribution in [0.25, 0.3) is 0 Å². The van der Waals surface area contributed by atoms with Gasteiger partial charge in [-0.25, -0.2) is 0 Å². The Bertz CT molecular complexity index is 259. The molecule has 0 aromatic carbocycles. The molecule has 13 heavy (non-hydrogen) atoms. The molecule has 0 aliphatic carbocycles. The summed E-state index contributed by atoms with van der Waals surface area (Å²) in [4.78, 5) is 0. The number of alkyl halides is 3. The SMILES string of the molecule is NCC1(C(F)(F)F)C=CC(Br)=CN1. The summed E-state index contributed by atoms with van der Waals surface area (Å²) in [5.74, 6) is 0. The molecule has 0 saturated carbocycles. The van der Waals surface area contributed by atoms with Gasteiger partial charge in [0, 0.05) is 17.2 Å².